The average molecular weight is 238 g/mol. The molecule has 0 radical (unpaired) electrons. The van der Waals surface area contributed by atoms with Crippen LogP contribution in [-0.4, -0.2) is 29.6 Å². The van der Waals surface area contributed by atoms with Gasteiger partial charge in [-0.2, -0.15) is 0 Å². The highest BCUT2D eigenvalue weighted by Crippen LogP contribution is 2.37. The number of hydrogen-bond acceptors (Lipinski definition) is 2. The second-order valence-corrected chi connectivity index (χ2v) is 6.43. The van der Waals surface area contributed by atoms with Crippen molar-refractivity contribution >= 4 is 5.91 Å². The molecular weight excluding hydrogens is 212 g/mol. The third kappa shape index (κ3) is 2.82. The van der Waals surface area contributed by atoms with E-state index in [4.69, 9.17) is 0 Å². The Morgan fingerprint density at radius 1 is 1.47 bits per heavy atom. The van der Waals surface area contributed by atoms with Gasteiger partial charge in [-0.3, -0.25) is 10.1 Å². The number of carbonyl (C=O) groups is 1. The Morgan fingerprint density at radius 2 is 2.24 bits per heavy atom. The van der Waals surface area contributed by atoms with Crippen LogP contribution in [0.3, 0.4) is 0 Å². The number of nitrogens with zero attached hydrogens (tertiary/aromatic N) is 1. The summed E-state index contributed by atoms with van der Waals surface area (Å²) >= 11 is 0. The minimum absolute atomic E-state index is 0.0880. The number of nitrogens with one attached hydrogen (secondary N) is 1. The first-order chi connectivity index (χ1) is 8.03. The highest BCUT2D eigenvalue weighted by Gasteiger charge is 2.38. The topological polar surface area (TPSA) is 32.3 Å². The number of rotatable bonds is 3. The van der Waals surface area contributed by atoms with Gasteiger partial charge in [0.25, 0.3) is 0 Å². The van der Waals surface area contributed by atoms with E-state index in [0.29, 0.717) is 17.4 Å². The van der Waals surface area contributed by atoms with Crippen LogP contribution in [0.15, 0.2) is 0 Å². The van der Waals surface area contributed by atoms with Gasteiger partial charge < -0.3 is 4.90 Å². The van der Waals surface area contributed by atoms with Gasteiger partial charge in [-0.1, -0.05) is 33.6 Å². The molecule has 17 heavy (non-hydrogen) atoms. The Bertz CT molecular complexity index is 288. The van der Waals surface area contributed by atoms with Gasteiger partial charge in [-0.05, 0) is 31.1 Å². The molecule has 2 atom stereocenters. The first-order valence-corrected chi connectivity index (χ1v) is 7.07. The van der Waals surface area contributed by atoms with Crippen LogP contribution in [0.4, 0.5) is 0 Å². The third-order valence-corrected chi connectivity index (χ3v) is 4.29. The van der Waals surface area contributed by atoms with Crippen LogP contribution in [0.25, 0.3) is 0 Å². The summed E-state index contributed by atoms with van der Waals surface area (Å²) in [5.74, 6) is 0.342. The van der Waals surface area contributed by atoms with E-state index in [1.165, 1.54) is 25.7 Å². The van der Waals surface area contributed by atoms with Gasteiger partial charge in [0.05, 0.1) is 12.7 Å². The van der Waals surface area contributed by atoms with Crippen LogP contribution in [0.1, 0.15) is 59.3 Å². The monoisotopic (exact) mass is 238 g/mol. The zero-order valence-corrected chi connectivity index (χ0v) is 11.5. The zero-order chi connectivity index (χ0) is 12.5. The molecule has 1 saturated carbocycles. The molecule has 1 saturated heterocycles. The maximum absolute atomic E-state index is 12.3. The van der Waals surface area contributed by atoms with E-state index in [-0.39, 0.29) is 6.04 Å². The van der Waals surface area contributed by atoms with Crippen LogP contribution in [-0.2, 0) is 4.79 Å². The van der Waals surface area contributed by atoms with Crippen molar-refractivity contribution in [2.75, 3.05) is 6.67 Å². The fourth-order valence-electron chi connectivity index (χ4n) is 3.32. The number of hydrogen-bond donors (Lipinski definition) is 1. The summed E-state index contributed by atoms with van der Waals surface area (Å²) in [6, 6.07) is 0.561. The van der Waals surface area contributed by atoms with E-state index in [0.717, 1.165) is 19.5 Å². The maximum Gasteiger partial charge on any atom is 0.241 e. The molecule has 1 aliphatic carbocycles. The largest absolute Gasteiger partial charge is 0.326 e. The molecular formula is C14H26N2O. The Hall–Kier alpha value is -0.570. The first kappa shape index (κ1) is 12.9. The highest BCUT2D eigenvalue weighted by atomic mass is 16.2. The molecule has 1 aliphatic heterocycles. The van der Waals surface area contributed by atoms with Crippen molar-refractivity contribution in [2.24, 2.45) is 5.41 Å². The van der Waals surface area contributed by atoms with Gasteiger partial charge in [-0.25, -0.2) is 0 Å². The molecule has 1 amide bonds. The predicted octanol–water partition coefficient (Wildman–Crippen LogP) is 2.51. The average Bonchev–Trinajstić information content (AvgIpc) is 2.60. The van der Waals surface area contributed by atoms with Gasteiger partial charge in [0.2, 0.25) is 5.91 Å². The van der Waals surface area contributed by atoms with Crippen molar-refractivity contribution in [2.45, 2.75) is 71.4 Å². The van der Waals surface area contributed by atoms with E-state index < -0.39 is 0 Å². The van der Waals surface area contributed by atoms with Crippen molar-refractivity contribution in [1.82, 2.24) is 10.2 Å². The lowest BCUT2D eigenvalue weighted by atomic mass is 9.75. The Labute approximate surface area is 105 Å². The van der Waals surface area contributed by atoms with Crippen molar-refractivity contribution in [1.29, 1.82) is 0 Å². The third-order valence-electron chi connectivity index (χ3n) is 4.29. The molecule has 1 heterocycles. The lowest BCUT2D eigenvalue weighted by Crippen LogP contribution is -2.43. The molecule has 2 fully saturated rings. The first-order valence-electron chi connectivity index (χ1n) is 7.07. The van der Waals surface area contributed by atoms with E-state index >= 15 is 0 Å². The normalized spacial score (nSPS) is 33.1. The minimum atomic E-state index is 0.0880. The van der Waals surface area contributed by atoms with E-state index in [9.17, 15) is 4.79 Å². The molecule has 0 spiro atoms. The summed E-state index contributed by atoms with van der Waals surface area (Å²) in [5, 5.41) is 3.36. The standard InChI is InChI=1S/C14H26N2O/c1-4-6-12-13(17)16(10-15-12)11-7-5-8-14(2,3)9-11/h11-12,15H,4-10H2,1-3H3. The van der Waals surface area contributed by atoms with E-state index in [1.807, 2.05) is 0 Å². The summed E-state index contributed by atoms with van der Waals surface area (Å²) in [6.45, 7) is 7.57. The Balaban J connectivity index is 1.97. The molecule has 3 heteroatoms. The predicted molar refractivity (Wildman–Crippen MR) is 69.6 cm³/mol. The highest BCUT2D eigenvalue weighted by molar-refractivity contribution is 5.84. The molecule has 0 aromatic carbocycles. The molecule has 2 aliphatic rings. The smallest absolute Gasteiger partial charge is 0.241 e. The van der Waals surface area contributed by atoms with Gasteiger partial charge >= 0.3 is 0 Å². The Morgan fingerprint density at radius 3 is 2.88 bits per heavy atom. The summed E-state index contributed by atoms with van der Waals surface area (Å²) in [5.41, 5.74) is 0.409. The lowest BCUT2D eigenvalue weighted by molar-refractivity contribution is -0.132. The molecule has 0 aromatic rings. The molecule has 2 rings (SSSR count). The van der Waals surface area contributed by atoms with Crippen molar-refractivity contribution in [3.63, 3.8) is 0 Å². The maximum atomic E-state index is 12.3. The molecule has 2 unspecified atom stereocenters. The van der Waals surface area contributed by atoms with Gasteiger partial charge in [-0.15, -0.1) is 0 Å². The van der Waals surface area contributed by atoms with Crippen LogP contribution < -0.4 is 5.32 Å². The Kier molecular flexibility index (Phi) is 3.76. The quantitative estimate of drug-likeness (QED) is 0.819. The van der Waals surface area contributed by atoms with Crippen LogP contribution in [0.5, 0.6) is 0 Å². The SMILES string of the molecule is CCCC1NCN(C2CCCC(C)(C)C2)C1=O. The fraction of sp³-hybridized carbons (Fsp3) is 0.929. The molecule has 98 valence electrons. The van der Waals surface area contributed by atoms with Crippen molar-refractivity contribution in [3.8, 4) is 0 Å². The minimum Gasteiger partial charge on any atom is -0.326 e. The van der Waals surface area contributed by atoms with E-state index in [2.05, 4.69) is 31.0 Å². The molecule has 3 nitrogen and oxygen atoms in total. The number of carbonyl (C=O) groups excluding carboxylic acids is 1. The summed E-state index contributed by atoms with van der Waals surface area (Å²) in [7, 11) is 0. The number of amides is 1. The summed E-state index contributed by atoms with van der Waals surface area (Å²) < 4.78 is 0. The van der Waals surface area contributed by atoms with Crippen LogP contribution in [0, 0.1) is 5.41 Å². The molecule has 1 N–H and O–H groups in total. The molecule has 0 aromatic heterocycles. The van der Waals surface area contributed by atoms with E-state index in [1.54, 1.807) is 0 Å². The van der Waals surface area contributed by atoms with Gasteiger partial charge in [0, 0.05) is 6.04 Å². The van der Waals surface area contributed by atoms with Crippen molar-refractivity contribution in [3.05, 3.63) is 0 Å². The van der Waals surface area contributed by atoms with Crippen LogP contribution in [0.2, 0.25) is 0 Å². The van der Waals surface area contributed by atoms with Crippen molar-refractivity contribution < 1.29 is 4.79 Å². The van der Waals surface area contributed by atoms with Gasteiger partial charge in [0.15, 0.2) is 0 Å². The second kappa shape index (κ2) is 4.97. The molecule has 0 bridgehead atoms. The lowest BCUT2D eigenvalue weighted by Gasteiger charge is -2.39. The second-order valence-electron chi connectivity index (χ2n) is 6.43. The van der Waals surface area contributed by atoms with Crippen LogP contribution >= 0.6 is 0 Å². The van der Waals surface area contributed by atoms with Gasteiger partial charge in [0.1, 0.15) is 0 Å². The summed E-state index contributed by atoms with van der Waals surface area (Å²) in [4.78, 5) is 14.4. The summed E-state index contributed by atoms with van der Waals surface area (Å²) in [6.07, 6.45) is 6.98. The fourth-order valence-corrected chi connectivity index (χ4v) is 3.32. The zero-order valence-electron chi connectivity index (χ0n) is 11.5.